The molecule has 0 aliphatic rings. The van der Waals surface area contributed by atoms with Gasteiger partial charge in [-0.3, -0.25) is 0 Å². The molecule has 0 saturated heterocycles. The molecule has 10 heavy (non-hydrogen) atoms. The lowest BCUT2D eigenvalue weighted by Crippen LogP contribution is -2.02. The molecule has 0 radical (unpaired) electrons. The fourth-order valence-electron chi connectivity index (χ4n) is 0.772. The van der Waals surface area contributed by atoms with E-state index in [4.69, 9.17) is 5.11 Å². The Labute approximate surface area is 63.1 Å². The van der Waals surface area contributed by atoms with E-state index < -0.39 is 0 Å². The van der Waals surface area contributed by atoms with Crippen LogP contribution < -0.4 is 0 Å². The maximum absolute atomic E-state index is 9.14. The molecular formula is C9H16O. The summed E-state index contributed by atoms with van der Waals surface area (Å²) in [5.41, 5.74) is 1.08. The largest absolute Gasteiger partial charge is 0.389 e. The predicted molar refractivity (Wildman–Crippen MR) is 44.9 cm³/mol. The molecule has 1 N–H and O–H groups in total. The smallest absolute Gasteiger partial charge is 0.0724 e. The lowest BCUT2D eigenvalue weighted by atomic mass is 10.1. The van der Waals surface area contributed by atoms with Crippen molar-refractivity contribution in [2.75, 3.05) is 0 Å². The van der Waals surface area contributed by atoms with Crippen LogP contribution in [0.5, 0.6) is 0 Å². The van der Waals surface area contributed by atoms with Gasteiger partial charge < -0.3 is 5.11 Å². The molecule has 1 atom stereocenters. The van der Waals surface area contributed by atoms with Crippen LogP contribution in [-0.4, -0.2) is 11.2 Å². The van der Waals surface area contributed by atoms with Gasteiger partial charge in [-0.05, 0) is 25.8 Å². The Bertz CT molecular complexity index is 132. The van der Waals surface area contributed by atoms with Crippen molar-refractivity contribution >= 4 is 0 Å². The number of aliphatic hydroxyl groups is 1. The maximum atomic E-state index is 9.14. The third-order valence-corrected chi connectivity index (χ3v) is 1.45. The molecule has 0 aliphatic carbocycles. The summed E-state index contributed by atoms with van der Waals surface area (Å²) in [6.07, 6.45) is 6.48. The van der Waals surface area contributed by atoms with E-state index >= 15 is 0 Å². The second-order valence-corrected chi connectivity index (χ2v) is 2.30. The first-order valence-corrected chi connectivity index (χ1v) is 3.72. The SMILES string of the molecule is C/C=C\C=C(/CC)C(C)O. The third-order valence-electron chi connectivity index (χ3n) is 1.45. The highest BCUT2D eigenvalue weighted by Crippen LogP contribution is 2.05. The van der Waals surface area contributed by atoms with Crippen LogP contribution in [0, 0.1) is 0 Å². The van der Waals surface area contributed by atoms with Gasteiger partial charge in [0.1, 0.15) is 0 Å². The van der Waals surface area contributed by atoms with E-state index in [9.17, 15) is 0 Å². The first-order chi connectivity index (χ1) is 4.72. The molecule has 0 aromatic carbocycles. The van der Waals surface area contributed by atoms with Crippen molar-refractivity contribution in [2.45, 2.75) is 33.3 Å². The Balaban J connectivity index is 4.04. The summed E-state index contributed by atoms with van der Waals surface area (Å²) in [5.74, 6) is 0. The minimum atomic E-state index is -0.304. The Kier molecular flexibility index (Phi) is 4.95. The number of hydrogen-bond acceptors (Lipinski definition) is 1. The van der Waals surface area contributed by atoms with Gasteiger partial charge in [0, 0.05) is 0 Å². The normalized spacial score (nSPS) is 16.2. The van der Waals surface area contributed by atoms with Crippen molar-refractivity contribution in [2.24, 2.45) is 0 Å². The number of rotatable bonds is 3. The highest BCUT2D eigenvalue weighted by molar-refractivity contribution is 5.14. The quantitative estimate of drug-likeness (QED) is 0.596. The van der Waals surface area contributed by atoms with Gasteiger partial charge in [0.15, 0.2) is 0 Å². The summed E-state index contributed by atoms with van der Waals surface area (Å²) in [6.45, 7) is 5.80. The summed E-state index contributed by atoms with van der Waals surface area (Å²) in [6, 6.07) is 0. The molecule has 1 unspecified atom stereocenters. The van der Waals surface area contributed by atoms with Crippen LogP contribution >= 0.6 is 0 Å². The molecule has 58 valence electrons. The Morgan fingerprint density at radius 2 is 2.20 bits per heavy atom. The van der Waals surface area contributed by atoms with Gasteiger partial charge in [-0.15, -0.1) is 0 Å². The van der Waals surface area contributed by atoms with Crippen molar-refractivity contribution in [3.63, 3.8) is 0 Å². The zero-order chi connectivity index (χ0) is 7.98. The van der Waals surface area contributed by atoms with E-state index in [1.54, 1.807) is 6.92 Å². The van der Waals surface area contributed by atoms with Crippen LogP contribution in [0.3, 0.4) is 0 Å². The summed E-state index contributed by atoms with van der Waals surface area (Å²) >= 11 is 0. The molecule has 0 saturated carbocycles. The lowest BCUT2D eigenvalue weighted by Gasteiger charge is -2.05. The third kappa shape index (κ3) is 3.46. The monoisotopic (exact) mass is 140 g/mol. The van der Waals surface area contributed by atoms with Crippen LogP contribution in [0.4, 0.5) is 0 Å². The summed E-state index contributed by atoms with van der Waals surface area (Å²) < 4.78 is 0. The molecule has 0 aromatic heterocycles. The van der Waals surface area contributed by atoms with E-state index in [0.717, 1.165) is 12.0 Å². The molecule has 0 amide bonds. The van der Waals surface area contributed by atoms with E-state index in [0.29, 0.717) is 0 Å². The highest BCUT2D eigenvalue weighted by Gasteiger charge is 1.98. The summed E-state index contributed by atoms with van der Waals surface area (Å²) in [5, 5.41) is 9.14. The maximum Gasteiger partial charge on any atom is 0.0724 e. The highest BCUT2D eigenvalue weighted by atomic mass is 16.3. The van der Waals surface area contributed by atoms with Crippen LogP contribution in [0.2, 0.25) is 0 Å². The predicted octanol–water partition coefficient (Wildman–Crippen LogP) is 2.28. The molecule has 0 heterocycles. The van der Waals surface area contributed by atoms with Gasteiger partial charge in [-0.1, -0.05) is 25.2 Å². The minimum Gasteiger partial charge on any atom is -0.389 e. The van der Waals surface area contributed by atoms with Crippen molar-refractivity contribution in [3.8, 4) is 0 Å². The number of allylic oxidation sites excluding steroid dienone is 3. The van der Waals surface area contributed by atoms with E-state index in [1.165, 1.54) is 0 Å². The van der Waals surface area contributed by atoms with Crippen molar-refractivity contribution in [1.82, 2.24) is 0 Å². The zero-order valence-electron chi connectivity index (χ0n) is 6.96. The average Bonchev–Trinajstić information content (AvgIpc) is 1.89. The molecule has 0 rings (SSSR count). The molecule has 1 heteroatoms. The Morgan fingerprint density at radius 1 is 1.60 bits per heavy atom. The van der Waals surface area contributed by atoms with Gasteiger partial charge in [0.25, 0.3) is 0 Å². The molecule has 0 aliphatic heterocycles. The van der Waals surface area contributed by atoms with E-state index in [2.05, 4.69) is 0 Å². The van der Waals surface area contributed by atoms with Crippen molar-refractivity contribution < 1.29 is 5.11 Å². The van der Waals surface area contributed by atoms with Crippen molar-refractivity contribution in [1.29, 1.82) is 0 Å². The molecule has 0 fully saturated rings. The summed E-state index contributed by atoms with van der Waals surface area (Å²) in [7, 11) is 0. The molecule has 0 bridgehead atoms. The zero-order valence-corrected chi connectivity index (χ0v) is 6.96. The van der Waals surface area contributed by atoms with Crippen LogP contribution in [0.15, 0.2) is 23.8 Å². The van der Waals surface area contributed by atoms with Crippen LogP contribution in [0.1, 0.15) is 27.2 Å². The van der Waals surface area contributed by atoms with E-state index in [1.807, 2.05) is 32.1 Å². The first kappa shape index (κ1) is 9.44. The molecule has 0 spiro atoms. The van der Waals surface area contributed by atoms with Gasteiger partial charge in [0.2, 0.25) is 0 Å². The van der Waals surface area contributed by atoms with Gasteiger partial charge in [-0.2, -0.15) is 0 Å². The summed E-state index contributed by atoms with van der Waals surface area (Å²) in [4.78, 5) is 0. The lowest BCUT2D eigenvalue weighted by molar-refractivity contribution is 0.228. The minimum absolute atomic E-state index is 0.304. The van der Waals surface area contributed by atoms with Crippen LogP contribution in [-0.2, 0) is 0 Å². The number of aliphatic hydroxyl groups excluding tert-OH is 1. The Morgan fingerprint density at radius 3 is 2.50 bits per heavy atom. The van der Waals surface area contributed by atoms with Gasteiger partial charge in [0.05, 0.1) is 6.10 Å². The topological polar surface area (TPSA) is 20.2 Å². The van der Waals surface area contributed by atoms with Crippen LogP contribution in [0.25, 0.3) is 0 Å². The van der Waals surface area contributed by atoms with E-state index in [-0.39, 0.29) is 6.10 Å². The fourth-order valence-corrected chi connectivity index (χ4v) is 0.772. The Hall–Kier alpha value is -0.560. The fraction of sp³-hybridized carbons (Fsp3) is 0.556. The molecule has 0 aromatic rings. The van der Waals surface area contributed by atoms with Gasteiger partial charge >= 0.3 is 0 Å². The van der Waals surface area contributed by atoms with Gasteiger partial charge in [-0.25, -0.2) is 0 Å². The van der Waals surface area contributed by atoms with Crippen molar-refractivity contribution in [3.05, 3.63) is 23.8 Å². The number of hydrogen-bond donors (Lipinski definition) is 1. The molecule has 1 nitrogen and oxygen atoms in total. The second kappa shape index (κ2) is 5.24. The molecular weight excluding hydrogens is 124 g/mol. The first-order valence-electron chi connectivity index (χ1n) is 3.72. The average molecular weight is 140 g/mol. The standard InChI is InChI=1S/C9H16O/c1-4-6-7-9(5-2)8(3)10/h4,6-8,10H,5H2,1-3H3/b6-4-,9-7+. The second-order valence-electron chi connectivity index (χ2n) is 2.30.